The Morgan fingerprint density at radius 1 is 1.35 bits per heavy atom. The fraction of sp³-hybridized carbons (Fsp3) is 0.182. The molecule has 2 aromatic rings. The molecule has 0 aliphatic carbocycles. The van der Waals surface area contributed by atoms with Crippen LogP contribution in [-0.4, -0.2) is 4.98 Å². The third kappa shape index (κ3) is 3.13. The molecule has 1 N–H and O–H groups in total. The fourth-order valence-corrected chi connectivity index (χ4v) is 2.79. The summed E-state index contributed by atoms with van der Waals surface area (Å²) in [5.74, 6) is 0. The van der Waals surface area contributed by atoms with E-state index in [1.54, 1.807) is 11.3 Å². The van der Waals surface area contributed by atoms with Gasteiger partial charge in [-0.05, 0) is 35.0 Å². The summed E-state index contributed by atoms with van der Waals surface area (Å²) in [5.41, 5.74) is 1.81. The quantitative estimate of drug-likeness (QED) is 0.775. The van der Waals surface area contributed by atoms with Crippen LogP contribution in [0.5, 0.6) is 0 Å². The monoisotopic (exact) mass is 350 g/mol. The highest BCUT2D eigenvalue weighted by Gasteiger charge is 2.08. The maximum Gasteiger partial charge on any atom is 0.0898 e. The molecule has 0 amide bonds. The standard InChI is InChI=1S/C11H9BrCl2N2S/c1-6-16-7(5-17-6)4-15-9-3-2-8(12)10(13)11(9)14/h2-3,5,15H,4H2,1H3. The van der Waals surface area contributed by atoms with Gasteiger partial charge in [-0.25, -0.2) is 4.98 Å². The van der Waals surface area contributed by atoms with Gasteiger partial charge in [0.1, 0.15) is 0 Å². The molecule has 6 heteroatoms. The average molecular weight is 352 g/mol. The Labute approximate surface area is 122 Å². The normalized spacial score (nSPS) is 10.6. The van der Waals surface area contributed by atoms with Crippen molar-refractivity contribution in [3.05, 3.63) is 42.7 Å². The van der Waals surface area contributed by atoms with Crippen LogP contribution >= 0.6 is 50.5 Å². The zero-order valence-electron chi connectivity index (χ0n) is 8.93. The molecule has 0 saturated heterocycles. The number of thiazole rings is 1. The topological polar surface area (TPSA) is 24.9 Å². The van der Waals surface area contributed by atoms with Gasteiger partial charge in [0.15, 0.2) is 0 Å². The Bertz CT molecular complexity index is 542. The summed E-state index contributed by atoms with van der Waals surface area (Å²) in [7, 11) is 0. The molecule has 17 heavy (non-hydrogen) atoms. The minimum Gasteiger partial charge on any atom is -0.378 e. The highest BCUT2D eigenvalue weighted by atomic mass is 79.9. The molecule has 0 unspecified atom stereocenters. The minimum atomic E-state index is 0.520. The Balaban J connectivity index is 2.12. The third-order valence-electron chi connectivity index (χ3n) is 2.16. The number of anilines is 1. The summed E-state index contributed by atoms with van der Waals surface area (Å²) >= 11 is 17.1. The smallest absolute Gasteiger partial charge is 0.0898 e. The Morgan fingerprint density at radius 2 is 2.12 bits per heavy atom. The number of nitrogens with zero attached hydrogens (tertiary/aromatic N) is 1. The van der Waals surface area contributed by atoms with Crippen molar-refractivity contribution in [2.45, 2.75) is 13.5 Å². The predicted octanol–water partition coefficient (Wildman–Crippen LogP) is 5.13. The van der Waals surface area contributed by atoms with Gasteiger partial charge in [0.05, 0.1) is 33.0 Å². The van der Waals surface area contributed by atoms with E-state index in [-0.39, 0.29) is 0 Å². The highest BCUT2D eigenvalue weighted by molar-refractivity contribution is 9.10. The molecule has 0 atom stereocenters. The van der Waals surface area contributed by atoms with Crippen molar-refractivity contribution in [2.75, 3.05) is 5.32 Å². The number of benzene rings is 1. The predicted molar refractivity (Wildman–Crippen MR) is 78.3 cm³/mol. The molecular formula is C11H9BrCl2N2S. The van der Waals surface area contributed by atoms with E-state index in [2.05, 4.69) is 26.2 Å². The van der Waals surface area contributed by atoms with Crippen molar-refractivity contribution in [3.8, 4) is 0 Å². The second kappa shape index (κ2) is 5.57. The lowest BCUT2D eigenvalue weighted by molar-refractivity contribution is 1.05. The van der Waals surface area contributed by atoms with Crippen LogP contribution in [0, 0.1) is 6.92 Å². The van der Waals surface area contributed by atoms with Crippen molar-refractivity contribution in [2.24, 2.45) is 0 Å². The van der Waals surface area contributed by atoms with Crippen LogP contribution in [-0.2, 0) is 6.54 Å². The molecule has 2 rings (SSSR count). The first kappa shape index (κ1) is 13.1. The molecule has 0 radical (unpaired) electrons. The largest absolute Gasteiger partial charge is 0.378 e. The molecule has 1 heterocycles. The van der Waals surface area contributed by atoms with E-state index in [0.717, 1.165) is 20.9 Å². The van der Waals surface area contributed by atoms with E-state index in [1.807, 2.05) is 24.4 Å². The summed E-state index contributed by atoms with van der Waals surface area (Å²) in [5, 5.41) is 7.34. The number of aromatic nitrogens is 1. The molecule has 1 aromatic heterocycles. The summed E-state index contributed by atoms with van der Waals surface area (Å²) in [4.78, 5) is 4.37. The van der Waals surface area contributed by atoms with Gasteiger partial charge in [-0.2, -0.15) is 0 Å². The van der Waals surface area contributed by atoms with E-state index >= 15 is 0 Å². The first-order chi connectivity index (χ1) is 8.08. The second-order valence-corrected chi connectivity index (χ2v) is 6.11. The van der Waals surface area contributed by atoms with Crippen molar-refractivity contribution in [1.82, 2.24) is 4.98 Å². The van der Waals surface area contributed by atoms with Gasteiger partial charge >= 0.3 is 0 Å². The molecule has 0 spiro atoms. The Hall–Kier alpha value is -0.290. The molecule has 0 fully saturated rings. The number of rotatable bonds is 3. The van der Waals surface area contributed by atoms with Crippen LogP contribution in [0.2, 0.25) is 10.0 Å². The van der Waals surface area contributed by atoms with E-state index < -0.39 is 0 Å². The zero-order chi connectivity index (χ0) is 12.4. The van der Waals surface area contributed by atoms with Gasteiger partial charge in [0, 0.05) is 9.85 Å². The maximum atomic E-state index is 6.13. The molecule has 0 aliphatic rings. The summed E-state index contributed by atoms with van der Waals surface area (Å²) in [6, 6.07) is 3.75. The first-order valence-corrected chi connectivity index (χ1v) is 7.29. The molecular weight excluding hydrogens is 343 g/mol. The van der Waals surface area contributed by atoms with E-state index in [0.29, 0.717) is 16.6 Å². The lowest BCUT2D eigenvalue weighted by atomic mass is 10.3. The van der Waals surface area contributed by atoms with Crippen molar-refractivity contribution < 1.29 is 0 Å². The summed E-state index contributed by atoms with van der Waals surface area (Å²) < 4.78 is 0.791. The number of aryl methyl sites for hydroxylation is 1. The van der Waals surface area contributed by atoms with Gasteiger partial charge in [-0.3, -0.25) is 0 Å². The van der Waals surface area contributed by atoms with Crippen molar-refractivity contribution in [3.63, 3.8) is 0 Å². The van der Waals surface area contributed by atoms with Crippen LogP contribution in [0.4, 0.5) is 5.69 Å². The van der Waals surface area contributed by atoms with E-state index in [9.17, 15) is 0 Å². The lowest BCUT2D eigenvalue weighted by Gasteiger charge is -2.09. The fourth-order valence-electron chi connectivity index (χ4n) is 1.34. The van der Waals surface area contributed by atoms with E-state index in [1.165, 1.54) is 0 Å². The van der Waals surface area contributed by atoms with Crippen LogP contribution in [0.1, 0.15) is 10.7 Å². The number of hydrogen-bond acceptors (Lipinski definition) is 3. The minimum absolute atomic E-state index is 0.520. The molecule has 0 bridgehead atoms. The molecule has 0 aliphatic heterocycles. The van der Waals surface area contributed by atoms with Crippen LogP contribution < -0.4 is 5.32 Å². The Morgan fingerprint density at radius 3 is 2.76 bits per heavy atom. The number of halogens is 3. The lowest BCUT2D eigenvalue weighted by Crippen LogP contribution is -2.00. The number of nitrogens with one attached hydrogen (secondary N) is 1. The first-order valence-electron chi connectivity index (χ1n) is 4.86. The molecule has 0 saturated carbocycles. The molecule has 90 valence electrons. The highest BCUT2D eigenvalue weighted by Crippen LogP contribution is 2.35. The van der Waals surface area contributed by atoms with Gasteiger partial charge in [0.2, 0.25) is 0 Å². The van der Waals surface area contributed by atoms with Crippen LogP contribution in [0.15, 0.2) is 22.0 Å². The number of hydrogen-bond donors (Lipinski definition) is 1. The van der Waals surface area contributed by atoms with Crippen molar-refractivity contribution in [1.29, 1.82) is 0 Å². The second-order valence-electron chi connectivity index (χ2n) is 3.43. The summed E-state index contributed by atoms with van der Waals surface area (Å²) in [6.07, 6.45) is 0. The summed E-state index contributed by atoms with van der Waals surface area (Å²) in [6.45, 7) is 2.62. The zero-order valence-corrected chi connectivity index (χ0v) is 12.8. The van der Waals surface area contributed by atoms with E-state index in [4.69, 9.17) is 23.2 Å². The molecule has 2 nitrogen and oxygen atoms in total. The molecule has 1 aromatic carbocycles. The van der Waals surface area contributed by atoms with Crippen molar-refractivity contribution >= 4 is 56.2 Å². The SMILES string of the molecule is Cc1nc(CNc2ccc(Br)c(Cl)c2Cl)cs1. The van der Waals surface area contributed by atoms with Gasteiger partial charge in [-0.1, -0.05) is 23.2 Å². The van der Waals surface area contributed by atoms with Gasteiger partial charge < -0.3 is 5.32 Å². The maximum absolute atomic E-state index is 6.13. The van der Waals surface area contributed by atoms with Crippen LogP contribution in [0.25, 0.3) is 0 Å². The third-order valence-corrected chi connectivity index (χ3v) is 4.76. The average Bonchev–Trinajstić information content (AvgIpc) is 2.71. The van der Waals surface area contributed by atoms with Gasteiger partial charge in [-0.15, -0.1) is 11.3 Å². The Kier molecular flexibility index (Phi) is 4.31. The van der Waals surface area contributed by atoms with Gasteiger partial charge in [0.25, 0.3) is 0 Å². The van der Waals surface area contributed by atoms with Crippen LogP contribution in [0.3, 0.4) is 0 Å².